The maximum absolute atomic E-state index is 12.1. The fraction of sp³-hybridized carbons (Fsp3) is 0.875. The van der Waals surface area contributed by atoms with Crippen molar-refractivity contribution in [1.29, 1.82) is 0 Å². The minimum atomic E-state index is -0.816. The lowest BCUT2D eigenvalue weighted by Crippen LogP contribution is -2.47. The van der Waals surface area contributed by atoms with Crippen molar-refractivity contribution in [2.45, 2.75) is 71.6 Å². The van der Waals surface area contributed by atoms with Gasteiger partial charge in [-0.05, 0) is 46.0 Å². The van der Waals surface area contributed by atoms with Crippen molar-refractivity contribution in [3.8, 4) is 0 Å². The quantitative estimate of drug-likeness (QED) is 0.833. The van der Waals surface area contributed by atoms with Crippen LogP contribution in [0.2, 0.25) is 0 Å². The van der Waals surface area contributed by atoms with Gasteiger partial charge in [-0.2, -0.15) is 0 Å². The molecule has 2 N–H and O–H groups in total. The molecule has 0 aromatic heterocycles. The van der Waals surface area contributed by atoms with Crippen LogP contribution < -0.4 is 5.32 Å². The molecule has 1 amide bonds. The molecule has 0 aromatic rings. The molecule has 1 rings (SSSR count). The highest BCUT2D eigenvalue weighted by molar-refractivity contribution is 5.73. The molecule has 6 nitrogen and oxygen atoms in total. The van der Waals surface area contributed by atoms with E-state index in [0.29, 0.717) is 13.1 Å². The molecule has 2 atom stereocenters. The van der Waals surface area contributed by atoms with Crippen LogP contribution in [-0.4, -0.2) is 52.8 Å². The first-order chi connectivity index (χ1) is 10.1. The lowest BCUT2D eigenvalue weighted by atomic mass is 10.0. The van der Waals surface area contributed by atoms with Gasteiger partial charge in [-0.15, -0.1) is 0 Å². The Hall–Kier alpha value is -1.30. The molecular weight excluding hydrogens is 284 g/mol. The van der Waals surface area contributed by atoms with Gasteiger partial charge in [0, 0.05) is 19.1 Å². The minimum Gasteiger partial charge on any atom is -0.480 e. The summed E-state index contributed by atoms with van der Waals surface area (Å²) in [6.45, 7) is 10.6. The van der Waals surface area contributed by atoms with Crippen LogP contribution >= 0.6 is 0 Å². The van der Waals surface area contributed by atoms with Crippen LogP contribution in [-0.2, 0) is 9.53 Å². The van der Waals surface area contributed by atoms with E-state index in [1.54, 1.807) is 4.90 Å². The summed E-state index contributed by atoms with van der Waals surface area (Å²) in [4.78, 5) is 25.1. The molecule has 22 heavy (non-hydrogen) atoms. The number of hydrogen-bond acceptors (Lipinski definition) is 4. The summed E-state index contributed by atoms with van der Waals surface area (Å²) >= 11 is 0. The second kappa shape index (κ2) is 7.81. The number of amides is 1. The van der Waals surface area contributed by atoms with Gasteiger partial charge < -0.3 is 20.1 Å². The molecule has 1 saturated heterocycles. The molecule has 0 spiro atoms. The molecule has 128 valence electrons. The molecule has 1 aliphatic heterocycles. The lowest BCUT2D eigenvalue weighted by Gasteiger charge is -2.27. The second-order valence-electron chi connectivity index (χ2n) is 7.32. The SMILES string of the molecule is CC(C)C(NC1CCCN(C(=O)OC(C)(C)C)CC1)C(=O)O. The largest absolute Gasteiger partial charge is 0.480 e. The third kappa shape index (κ3) is 6.22. The highest BCUT2D eigenvalue weighted by Gasteiger charge is 2.28. The molecule has 0 aliphatic carbocycles. The number of hydrogen-bond donors (Lipinski definition) is 2. The summed E-state index contributed by atoms with van der Waals surface area (Å²) in [5.41, 5.74) is -0.493. The normalized spacial score (nSPS) is 21.4. The summed E-state index contributed by atoms with van der Waals surface area (Å²) in [6, 6.07) is -0.422. The highest BCUT2D eigenvalue weighted by Crippen LogP contribution is 2.17. The van der Waals surface area contributed by atoms with Gasteiger partial charge in [-0.1, -0.05) is 13.8 Å². The summed E-state index contributed by atoms with van der Waals surface area (Å²) in [5, 5.41) is 12.5. The molecule has 0 bridgehead atoms. The Balaban J connectivity index is 2.55. The van der Waals surface area contributed by atoms with Gasteiger partial charge in [0.05, 0.1) is 0 Å². The minimum absolute atomic E-state index is 0.0303. The molecule has 0 aromatic carbocycles. The molecule has 0 radical (unpaired) electrons. The van der Waals surface area contributed by atoms with Crippen molar-refractivity contribution in [2.75, 3.05) is 13.1 Å². The van der Waals surface area contributed by atoms with Crippen LogP contribution in [0.1, 0.15) is 53.9 Å². The standard InChI is InChI=1S/C16H30N2O4/c1-11(2)13(14(19)20)17-12-7-6-9-18(10-8-12)15(21)22-16(3,4)5/h11-13,17H,6-10H2,1-5H3,(H,19,20). The topological polar surface area (TPSA) is 78.9 Å². The van der Waals surface area contributed by atoms with Crippen molar-refractivity contribution in [1.82, 2.24) is 10.2 Å². The Morgan fingerprint density at radius 2 is 1.86 bits per heavy atom. The summed E-state index contributed by atoms with van der Waals surface area (Å²) in [7, 11) is 0. The zero-order valence-corrected chi connectivity index (χ0v) is 14.4. The third-order valence-electron chi connectivity index (χ3n) is 3.73. The fourth-order valence-corrected chi connectivity index (χ4v) is 2.57. The number of carbonyl (C=O) groups is 2. The van der Waals surface area contributed by atoms with E-state index in [1.807, 2.05) is 34.6 Å². The molecule has 1 fully saturated rings. The predicted molar refractivity (Wildman–Crippen MR) is 84.8 cm³/mol. The smallest absolute Gasteiger partial charge is 0.410 e. The predicted octanol–water partition coefficient (Wildman–Crippen LogP) is 2.47. The molecular formula is C16H30N2O4. The Kier molecular flexibility index (Phi) is 6.66. The number of nitrogens with zero attached hydrogens (tertiary/aromatic N) is 1. The van der Waals surface area contributed by atoms with Gasteiger partial charge in [0.2, 0.25) is 0 Å². The van der Waals surface area contributed by atoms with Gasteiger partial charge >= 0.3 is 12.1 Å². The number of carbonyl (C=O) groups excluding carboxylic acids is 1. The number of likely N-dealkylation sites (tertiary alicyclic amines) is 1. The number of carboxylic acid groups (broad SMARTS) is 1. The first-order valence-corrected chi connectivity index (χ1v) is 8.07. The van der Waals surface area contributed by atoms with Crippen molar-refractivity contribution in [2.24, 2.45) is 5.92 Å². The molecule has 0 saturated carbocycles. The Labute approximate surface area is 133 Å². The summed E-state index contributed by atoms with van der Waals surface area (Å²) in [5.74, 6) is -0.786. The number of nitrogens with one attached hydrogen (secondary N) is 1. The van der Waals surface area contributed by atoms with E-state index in [2.05, 4.69) is 5.32 Å². The Morgan fingerprint density at radius 3 is 2.36 bits per heavy atom. The first-order valence-electron chi connectivity index (χ1n) is 8.07. The van der Waals surface area contributed by atoms with E-state index in [-0.39, 0.29) is 18.1 Å². The Morgan fingerprint density at radius 1 is 1.23 bits per heavy atom. The average Bonchev–Trinajstić information content (AvgIpc) is 2.58. The van der Waals surface area contributed by atoms with E-state index >= 15 is 0 Å². The van der Waals surface area contributed by atoms with Crippen LogP contribution in [0.25, 0.3) is 0 Å². The van der Waals surface area contributed by atoms with Crippen molar-refractivity contribution >= 4 is 12.1 Å². The highest BCUT2D eigenvalue weighted by atomic mass is 16.6. The summed E-state index contributed by atoms with van der Waals surface area (Å²) in [6.07, 6.45) is 2.18. The fourth-order valence-electron chi connectivity index (χ4n) is 2.57. The molecule has 1 aliphatic rings. The van der Waals surface area contributed by atoms with Gasteiger partial charge in [0.25, 0.3) is 0 Å². The van der Waals surface area contributed by atoms with E-state index in [1.165, 1.54) is 0 Å². The Bertz CT molecular complexity index is 390. The molecule has 6 heteroatoms. The zero-order valence-electron chi connectivity index (χ0n) is 14.4. The van der Waals surface area contributed by atoms with E-state index < -0.39 is 17.6 Å². The third-order valence-corrected chi connectivity index (χ3v) is 3.73. The van der Waals surface area contributed by atoms with Crippen LogP contribution in [0.4, 0.5) is 4.79 Å². The van der Waals surface area contributed by atoms with Crippen LogP contribution in [0.3, 0.4) is 0 Å². The lowest BCUT2D eigenvalue weighted by molar-refractivity contribution is -0.140. The van der Waals surface area contributed by atoms with E-state index in [4.69, 9.17) is 4.74 Å². The zero-order chi connectivity index (χ0) is 16.9. The van der Waals surface area contributed by atoms with Crippen molar-refractivity contribution in [3.05, 3.63) is 0 Å². The maximum atomic E-state index is 12.1. The van der Waals surface area contributed by atoms with E-state index in [9.17, 15) is 14.7 Å². The molecule has 1 heterocycles. The summed E-state index contributed by atoms with van der Waals surface area (Å²) < 4.78 is 5.40. The van der Waals surface area contributed by atoms with Crippen LogP contribution in [0.15, 0.2) is 0 Å². The number of aliphatic carboxylic acids is 1. The van der Waals surface area contributed by atoms with Crippen molar-refractivity contribution in [3.63, 3.8) is 0 Å². The van der Waals surface area contributed by atoms with Gasteiger partial charge in [-0.3, -0.25) is 4.79 Å². The van der Waals surface area contributed by atoms with Gasteiger partial charge in [-0.25, -0.2) is 4.79 Å². The van der Waals surface area contributed by atoms with Gasteiger partial charge in [0.15, 0.2) is 0 Å². The molecule has 2 unspecified atom stereocenters. The van der Waals surface area contributed by atoms with Crippen molar-refractivity contribution < 1.29 is 19.4 Å². The first kappa shape index (κ1) is 18.7. The monoisotopic (exact) mass is 314 g/mol. The number of carboxylic acids is 1. The second-order valence-corrected chi connectivity index (χ2v) is 7.32. The van der Waals surface area contributed by atoms with E-state index in [0.717, 1.165) is 19.3 Å². The van der Waals surface area contributed by atoms with Crippen LogP contribution in [0, 0.1) is 5.92 Å². The number of rotatable bonds is 4. The average molecular weight is 314 g/mol. The number of ether oxygens (including phenoxy) is 1. The van der Waals surface area contributed by atoms with Gasteiger partial charge in [0.1, 0.15) is 11.6 Å². The maximum Gasteiger partial charge on any atom is 0.410 e. The van der Waals surface area contributed by atoms with Crippen LogP contribution in [0.5, 0.6) is 0 Å².